The van der Waals surface area contributed by atoms with Gasteiger partial charge in [0.2, 0.25) is 0 Å². The van der Waals surface area contributed by atoms with Crippen molar-refractivity contribution < 1.29 is 0 Å². The third-order valence-electron chi connectivity index (χ3n) is 5.70. The van der Waals surface area contributed by atoms with Gasteiger partial charge in [0.15, 0.2) is 0 Å². The van der Waals surface area contributed by atoms with Crippen molar-refractivity contribution >= 4 is 0 Å². The van der Waals surface area contributed by atoms with Crippen molar-refractivity contribution in [3.8, 4) is 0 Å². The van der Waals surface area contributed by atoms with Gasteiger partial charge in [-0.25, -0.2) is 0 Å². The summed E-state index contributed by atoms with van der Waals surface area (Å²) < 4.78 is 0. The molecule has 4 rings (SSSR count). The van der Waals surface area contributed by atoms with Crippen molar-refractivity contribution in [2.45, 2.75) is 50.9 Å². The van der Waals surface area contributed by atoms with Crippen LogP contribution in [0.4, 0.5) is 0 Å². The molecule has 0 heterocycles. The Bertz CT molecular complexity index is 457. The average molecular weight is 255 g/mol. The molecule has 1 nitrogen and oxygen atoms in total. The molecule has 0 bridgehead atoms. The van der Waals surface area contributed by atoms with Crippen molar-refractivity contribution in [3.05, 3.63) is 35.4 Å². The number of fused-ring (bicyclic) bond motifs is 1. The molecular formula is C18H25N. The van der Waals surface area contributed by atoms with Crippen LogP contribution in [0.1, 0.15) is 55.6 Å². The number of benzene rings is 1. The first kappa shape index (κ1) is 12.0. The largest absolute Gasteiger partial charge is 0.316 e. The van der Waals surface area contributed by atoms with Gasteiger partial charge in [-0.15, -0.1) is 0 Å². The molecule has 102 valence electrons. The first-order chi connectivity index (χ1) is 9.37. The molecule has 2 saturated carbocycles. The third-order valence-corrected chi connectivity index (χ3v) is 5.70. The summed E-state index contributed by atoms with van der Waals surface area (Å²) in [6.07, 6.45) is 10.0. The smallest absolute Gasteiger partial charge is 0.00204 e. The topological polar surface area (TPSA) is 12.0 Å². The molecule has 0 spiro atoms. The molecule has 0 saturated heterocycles. The quantitative estimate of drug-likeness (QED) is 0.842. The van der Waals surface area contributed by atoms with Crippen LogP contribution in [-0.4, -0.2) is 13.1 Å². The average Bonchev–Trinajstić information content (AvgIpc) is 3.32. The number of aryl methyl sites for hydroxylation is 1. The number of hydrogen-bond acceptors (Lipinski definition) is 1. The fourth-order valence-corrected chi connectivity index (χ4v) is 4.15. The Labute approximate surface area is 116 Å². The first-order valence-electron chi connectivity index (χ1n) is 8.16. The summed E-state index contributed by atoms with van der Waals surface area (Å²) >= 11 is 0. The van der Waals surface area contributed by atoms with Gasteiger partial charge in [0.25, 0.3) is 0 Å². The number of nitrogens with one attached hydrogen (secondary N) is 1. The van der Waals surface area contributed by atoms with Crippen molar-refractivity contribution in [1.29, 1.82) is 0 Å². The normalized spacial score (nSPS) is 27.9. The van der Waals surface area contributed by atoms with Gasteiger partial charge in [0.05, 0.1) is 0 Å². The number of rotatable bonds is 5. The van der Waals surface area contributed by atoms with Crippen LogP contribution < -0.4 is 5.32 Å². The molecule has 1 aromatic rings. The van der Waals surface area contributed by atoms with Crippen LogP contribution in [0.25, 0.3) is 0 Å². The van der Waals surface area contributed by atoms with E-state index in [1.165, 1.54) is 58.0 Å². The molecule has 1 atom stereocenters. The van der Waals surface area contributed by atoms with Gasteiger partial charge in [-0.3, -0.25) is 0 Å². The molecule has 3 aliphatic rings. The Morgan fingerprint density at radius 3 is 2.74 bits per heavy atom. The van der Waals surface area contributed by atoms with Gasteiger partial charge in [-0.1, -0.05) is 24.3 Å². The number of hydrogen-bond donors (Lipinski definition) is 1. The van der Waals surface area contributed by atoms with Crippen molar-refractivity contribution in [3.63, 3.8) is 0 Å². The summed E-state index contributed by atoms with van der Waals surface area (Å²) in [6, 6.07) is 9.09. The highest BCUT2D eigenvalue weighted by Gasteiger charge is 2.53. The van der Waals surface area contributed by atoms with Gasteiger partial charge in [-0.05, 0) is 73.3 Å². The van der Waals surface area contributed by atoms with E-state index in [-0.39, 0.29) is 0 Å². The fourth-order valence-electron chi connectivity index (χ4n) is 4.15. The summed E-state index contributed by atoms with van der Waals surface area (Å²) in [7, 11) is 0. The highest BCUT2D eigenvalue weighted by Crippen LogP contribution is 2.60. The molecule has 1 aromatic carbocycles. The van der Waals surface area contributed by atoms with Gasteiger partial charge < -0.3 is 5.32 Å². The molecule has 0 amide bonds. The maximum absolute atomic E-state index is 3.82. The van der Waals surface area contributed by atoms with Gasteiger partial charge in [-0.2, -0.15) is 0 Å². The van der Waals surface area contributed by atoms with Gasteiger partial charge >= 0.3 is 0 Å². The SMILES string of the molecule is c1ccc2c(c1)CCCC2CNCC1(C2CC2)CC1. The van der Waals surface area contributed by atoms with E-state index >= 15 is 0 Å². The van der Waals surface area contributed by atoms with E-state index in [1.54, 1.807) is 11.1 Å². The second-order valence-electron chi connectivity index (χ2n) is 7.06. The zero-order chi connectivity index (χ0) is 12.7. The summed E-state index contributed by atoms with van der Waals surface area (Å²) in [6.45, 7) is 2.49. The summed E-state index contributed by atoms with van der Waals surface area (Å²) in [5.74, 6) is 1.85. The first-order valence-corrected chi connectivity index (χ1v) is 8.16. The van der Waals surface area contributed by atoms with Crippen molar-refractivity contribution in [2.75, 3.05) is 13.1 Å². The predicted octanol–water partition coefficient (Wildman–Crippen LogP) is 3.89. The van der Waals surface area contributed by atoms with Crippen molar-refractivity contribution in [1.82, 2.24) is 5.32 Å². The van der Waals surface area contributed by atoms with Crippen LogP contribution in [-0.2, 0) is 6.42 Å². The molecular weight excluding hydrogens is 230 g/mol. The van der Waals surface area contributed by atoms with E-state index in [2.05, 4.69) is 29.6 Å². The molecule has 1 heteroatoms. The molecule has 19 heavy (non-hydrogen) atoms. The third kappa shape index (κ3) is 2.33. The van der Waals surface area contributed by atoms with E-state index in [1.807, 2.05) is 0 Å². The lowest BCUT2D eigenvalue weighted by molar-refractivity contribution is 0.388. The standard InChI is InChI=1S/C18H25N/c1-2-7-17-14(4-1)5-3-6-15(17)12-19-13-18(10-11-18)16-8-9-16/h1-2,4,7,15-16,19H,3,5-6,8-13H2. The lowest BCUT2D eigenvalue weighted by Crippen LogP contribution is -2.30. The lowest BCUT2D eigenvalue weighted by atomic mass is 9.83. The molecule has 3 aliphatic carbocycles. The molecule has 1 N–H and O–H groups in total. The van der Waals surface area contributed by atoms with Crippen molar-refractivity contribution in [2.24, 2.45) is 11.3 Å². The highest BCUT2D eigenvalue weighted by molar-refractivity contribution is 5.32. The maximum atomic E-state index is 3.82. The monoisotopic (exact) mass is 255 g/mol. The molecule has 0 aliphatic heterocycles. The second kappa shape index (κ2) is 4.63. The molecule has 0 radical (unpaired) electrons. The molecule has 0 aromatic heterocycles. The zero-order valence-electron chi connectivity index (χ0n) is 11.8. The lowest BCUT2D eigenvalue weighted by Gasteiger charge is -2.26. The predicted molar refractivity (Wildman–Crippen MR) is 79.4 cm³/mol. The summed E-state index contributed by atoms with van der Waals surface area (Å²) in [4.78, 5) is 0. The Morgan fingerprint density at radius 1 is 1.11 bits per heavy atom. The van der Waals surface area contributed by atoms with Crippen LogP contribution in [0, 0.1) is 11.3 Å². The van der Waals surface area contributed by atoms with E-state index in [4.69, 9.17) is 0 Å². The van der Waals surface area contributed by atoms with Crippen LogP contribution in [0.3, 0.4) is 0 Å². The van der Waals surface area contributed by atoms with Crippen LogP contribution in [0.5, 0.6) is 0 Å². The Morgan fingerprint density at radius 2 is 1.95 bits per heavy atom. The van der Waals surface area contributed by atoms with Crippen LogP contribution in [0.2, 0.25) is 0 Å². The zero-order valence-corrected chi connectivity index (χ0v) is 11.8. The second-order valence-corrected chi connectivity index (χ2v) is 7.06. The summed E-state index contributed by atoms with van der Waals surface area (Å²) in [5.41, 5.74) is 3.97. The van der Waals surface area contributed by atoms with Crippen LogP contribution in [0.15, 0.2) is 24.3 Å². The Hall–Kier alpha value is -0.820. The molecule has 1 unspecified atom stereocenters. The maximum Gasteiger partial charge on any atom is 0.00204 e. The minimum atomic E-state index is 0.744. The van der Waals surface area contributed by atoms with E-state index in [0.717, 1.165) is 17.3 Å². The van der Waals surface area contributed by atoms with E-state index < -0.39 is 0 Å². The highest BCUT2D eigenvalue weighted by atomic mass is 14.9. The van der Waals surface area contributed by atoms with E-state index in [9.17, 15) is 0 Å². The van der Waals surface area contributed by atoms with Gasteiger partial charge in [0, 0.05) is 13.1 Å². The van der Waals surface area contributed by atoms with E-state index in [0.29, 0.717) is 0 Å². The molecule has 2 fully saturated rings. The Kier molecular flexibility index (Phi) is 2.91. The summed E-state index contributed by atoms with van der Waals surface area (Å²) in [5, 5.41) is 3.82. The fraction of sp³-hybridized carbons (Fsp3) is 0.667. The Balaban J connectivity index is 1.36. The minimum Gasteiger partial charge on any atom is -0.316 e. The van der Waals surface area contributed by atoms with Crippen LogP contribution >= 0.6 is 0 Å². The van der Waals surface area contributed by atoms with Gasteiger partial charge in [0.1, 0.15) is 0 Å². The minimum absolute atomic E-state index is 0.744.